The molecule has 0 aliphatic rings. The highest BCUT2D eigenvalue weighted by Gasteiger charge is 2.25. The lowest BCUT2D eigenvalue weighted by Gasteiger charge is -2.17. The van der Waals surface area contributed by atoms with E-state index in [1.54, 1.807) is 20.4 Å². The number of ether oxygens (including phenoxy) is 2. The first-order valence-electron chi connectivity index (χ1n) is 6.68. The molecule has 0 bridgehead atoms. The number of hydrogen-bond donors (Lipinski definition) is 1. The van der Waals surface area contributed by atoms with E-state index >= 15 is 0 Å². The molecule has 114 valence electrons. The Morgan fingerprint density at radius 2 is 2.14 bits per heavy atom. The third kappa shape index (κ3) is 3.27. The van der Waals surface area contributed by atoms with Crippen LogP contribution in [0.15, 0.2) is 6.20 Å². The van der Waals surface area contributed by atoms with Crippen molar-refractivity contribution in [3.05, 3.63) is 22.5 Å². The second kappa shape index (κ2) is 7.28. The number of nitrogens with zero attached hydrogens (tertiary/aromatic N) is 4. The van der Waals surface area contributed by atoms with Gasteiger partial charge in [0.2, 0.25) is 11.8 Å². The summed E-state index contributed by atoms with van der Waals surface area (Å²) in [5.41, 5.74) is 1.69. The van der Waals surface area contributed by atoms with Gasteiger partial charge in [0.15, 0.2) is 0 Å². The largest absolute Gasteiger partial charge is 0.480 e. The highest BCUT2D eigenvalue weighted by molar-refractivity contribution is 7.05. The van der Waals surface area contributed by atoms with Crippen LogP contribution >= 0.6 is 11.5 Å². The van der Waals surface area contributed by atoms with E-state index in [4.69, 9.17) is 9.47 Å². The summed E-state index contributed by atoms with van der Waals surface area (Å²) in [6.45, 7) is 2.12. The van der Waals surface area contributed by atoms with Crippen molar-refractivity contribution in [1.29, 1.82) is 0 Å². The fourth-order valence-corrected chi connectivity index (χ4v) is 2.86. The van der Waals surface area contributed by atoms with Gasteiger partial charge in [-0.15, -0.1) is 5.10 Å². The molecule has 0 fully saturated rings. The van der Waals surface area contributed by atoms with Gasteiger partial charge in [0.25, 0.3) is 0 Å². The van der Waals surface area contributed by atoms with Crippen LogP contribution in [0, 0.1) is 0 Å². The van der Waals surface area contributed by atoms with Gasteiger partial charge in [0, 0.05) is 0 Å². The van der Waals surface area contributed by atoms with Crippen molar-refractivity contribution in [3.63, 3.8) is 0 Å². The molecule has 0 amide bonds. The van der Waals surface area contributed by atoms with Gasteiger partial charge >= 0.3 is 0 Å². The minimum atomic E-state index is -0.153. The Hall–Kier alpha value is -1.80. The zero-order valence-corrected chi connectivity index (χ0v) is 13.4. The Labute approximate surface area is 127 Å². The van der Waals surface area contributed by atoms with Crippen molar-refractivity contribution < 1.29 is 9.47 Å². The summed E-state index contributed by atoms with van der Waals surface area (Å²) < 4.78 is 14.5. The fourth-order valence-electron chi connectivity index (χ4n) is 2.05. The van der Waals surface area contributed by atoms with E-state index in [-0.39, 0.29) is 6.04 Å². The maximum atomic E-state index is 5.34. The standard InChI is InChI=1S/C13H19N5O2S/c1-5-6-8-12(21-18-17-8)10(14-2)11-13(20-4)16-9(19-3)7-15-11/h7,10,14H,5-6H2,1-4H3. The molecule has 1 atom stereocenters. The number of methoxy groups -OCH3 is 2. The molecule has 0 radical (unpaired) electrons. The zero-order chi connectivity index (χ0) is 15.2. The van der Waals surface area contributed by atoms with E-state index < -0.39 is 0 Å². The summed E-state index contributed by atoms with van der Waals surface area (Å²) in [6, 6.07) is -0.153. The van der Waals surface area contributed by atoms with Gasteiger partial charge in [0.1, 0.15) is 5.69 Å². The molecule has 0 aliphatic heterocycles. The molecule has 1 N–H and O–H groups in total. The van der Waals surface area contributed by atoms with Crippen molar-refractivity contribution in [2.24, 2.45) is 0 Å². The van der Waals surface area contributed by atoms with Crippen molar-refractivity contribution in [2.45, 2.75) is 25.8 Å². The first kappa shape index (κ1) is 15.6. The average Bonchev–Trinajstić information content (AvgIpc) is 2.97. The van der Waals surface area contributed by atoms with E-state index in [1.807, 2.05) is 7.05 Å². The van der Waals surface area contributed by atoms with E-state index in [0.717, 1.165) is 23.4 Å². The fraction of sp³-hybridized carbons (Fsp3) is 0.538. The van der Waals surface area contributed by atoms with Crippen LogP contribution in [0.5, 0.6) is 11.8 Å². The molecule has 2 aromatic rings. The maximum Gasteiger partial charge on any atom is 0.240 e. The van der Waals surface area contributed by atoms with Crippen LogP contribution in [-0.4, -0.2) is 40.8 Å². The normalized spacial score (nSPS) is 12.2. The summed E-state index contributed by atoms with van der Waals surface area (Å²) in [5, 5.41) is 7.44. The molecule has 2 heterocycles. The second-order valence-electron chi connectivity index (χ2n) is 4.36. The number of aromatic nitrogens is 4. The molecule has 8 heteroatoms. The van der Waals surface area contributed by atoms with Gasteiger partial charge in [-0.05, 0) is 25.0 Å². The molecule has 0 saturated carbocycles. The number of rotatable bonds is 7. The monoisotopic (exact) mass is 309 g/mol. The molecule has 2 aromatic heterocycles. The van der Waals surface area contributed by atoms with Crippen LogP contribution in [0.1, 0.15) is 35.7 Å². The first-order valence-corrected chi connectivity index (χ1v) is 7.45. The lowest BCUT2D eigenvalue weighted by atomic mass is 10.1. The van der Waals surface area contributed by atoms with E-state index in [2.05, 4.69) is 31.8 Å². The summed E-state index contributed by atoms with van der Waals surface area (Å²) in [7, 11) is 4.98. The average molecular weight is 309 g/mol. The van der Waals surface area contributed by atoms with Gasteiger partial charge in [-0.3, -0.25) is 0 Å². The topological polar surface area (TPSA) is 82.1 Å². The summed E-state index contributed by atoms with van der Waals surface area (Å²) in [6.07, 6.45) is 3.48. The Morgan fingerprint density at radius 1 is 1.33 bits per heavy atom. The molecule has 21 heavy (non-hydrogen) atoms. The SMILES string of the molecule is CCCc1nnsc1C(NC)c1ncc(OC)nc1OC. The third-order valence-electron chi connectivity index (χ3n) is 3.04. The molecule has 7 nitrogen and oxygen atoms in total. The van der Waals surface area contributed by atoms with Crippen molar-refractivity contribution in [2.75, 3.05) is 21.3 Å². The third-order valence-corrected chi connectivity index (χ3v) is 3.87. The Morgan fingerprint density at radius 3 is 2.76 bits per heavy atom. The van der Waals surface area contributed by atoms with Crippen LogP contribution in [0.25, 0.3) is 0 Å². The van der Waals surface area contributed by atoms with Crippen LogP contribution in [0.2, 0.25) is 0 Å². The van der Waals surface area contributed by atoms with E-state index in [0.29, 0.717) is 17.5 Å². The smallest absolute Gasteiger partial charge is 0.240 e. The maximum absolute atomic E-state index is 5.34. The van der Waals surface area contributed by atoms with Gasteiger partial charge < -0.3 is 14.8 Å². The predicted molar refractivity (Wildman–Crippen MR) is 79.9 cm³/mol. The number of nitrogens with one attached hydrogen (secondary N) is 1. The van der Waals surface area contributed by atoms with Gasteiger partial charge in [-0.2, -0.15) is 4.98 Å². The van der Waals surface area contributed by atoms with Gasteiger partial charge in [-0.1, -0.05) is 17.8 Å². The number of hydrogen-bond acceptors (Lipinski definition) is 8. The minimum absolute atomic E-state index is 0.153. The second-order valence-corrected chi connectivity index (χ2v) is 5.15. The summed E-state index contributed by atoms with van der Waals surface area (Å²) in [4.78, 5) is 9.74. The van der Waals surface area contributed by atoms with Crippen molar-refractivity contribution >= 4 is 11.5 Å². The minimum Gasteiger partial charge on any atom is -0.480 e. The lowest BCUT2D eigenvalue weighted by molar-refractivity contribution is 0.353. The molecule has 0 aromatic carbocycles. The predicted octanol–water partition coefficient (Wildman–Crippen LogP) is 1.61. The molecular weight excluding hydrogens is 290 g/mol. The van der Waals surface area contributed by atoms with Crippen LogP contribution in [0.4, 0.5) is 0 Å². The Balaban J connectivity index is 2.43. The first-order chi connectivity index (χ1) is 10.2. The molecule has 0 saturated heterocycles. The highest BCUT2D eigenvalue weighted by Crippen LogP contribution is 2.31. The highest BCUT2D eigenvalue weighted by atomic mass is 32.1. The van der Waals surface area contributed by atoms with Crippen LogP contribution < -0.4 is 14.8 Å². The molecule has 0 spiro atoms. The number of aryl methyl sites for hydroxylation is 1. The summed E-state index contributed by atoms with van der Waals surface area (Å²) >= 11 is 1.37. The van der Waals surface area contributed by atoms with E-state index in [1.165, 1.54) is 11.5 Å². The van der Waals surface area contributed by atoms with Gasteiger partial charge in [0.05, 0.1) is 37.0 Å². The zero-order valence-electron chi connectivity index (χ0n) is 12.6. The quantitative estimate of drug-likeness (QED) is 0.832. The van der Waals surface area contributed by atoms with Gasteiger partial charge in [-0.25, -0.2) is 4.98 Å². The van der Waals surface area contributed by atoms with Crippen molar-refractivity contribution in [1.82, 2.24) is 24.9 Å². The Bertz CT molecular complexity index is 590. The Kier molecular flexibility index (Phi) is 5.40. The molecular formula is C13H19N5O2S. The molecule has 1 unspecified atom stereocenters. The molecule has 2 rings (SSSR count). The lowest BCUT2D eigenvalue weighted by Crippen LogP contribution is -2.20. The molecule has 0 aliphatic carbocycles. The van der Waals surface area contributed by atoms with E-state index in [9.17, 15) is 0 Å². The van der Waals surface area contributed by atoms with Crippen LogP contribution in [0.3, 0.4) is 0 Å². The van der Waals surface area contributed by atoms with Crippen LogP contribution in [-0.2, 0) is 6.42 Å². The van der Waals surface area contributed by atoms with Crippen molar-refractivity contribution in [3.8, 4) is 11.8 Å². The summed E-state index contributed by atoms with van der Waals surface area (Å²) in [5.74, 6) is 0.853.